The maximum atomic E-state index is 12.8. The number of rotatable bonds is 8. The molecule has 39 heavy (non-hydrogen) atoms. The Morgan fingerprint density at radius 3 is 2.51 bits per heavy atom. The van der Waals surface area contributed by atoms with Gasteiger partial charge in [-0.15, -0.1) is 10.2 Å². The molecule has 200 valence electrons. The molecular formula is C28H26ClN5O4S. The first-order valence-corrected chi connectivity index (χ1v) is 13.7. The SMILES string of the molecule is COc1cccc(-c2nnc(SCC(=O)Nc3ccc(N4CCN(C(=O)c5cccc(Cl)c5)CC4)cc3)o2)c1. The number of hydrogen-bond acceptors (Lipinski definition) is 8. The van der Waals surface area contributed by atoms with Crippen molar-refractivity contribution < 1.29 is 18.7 Å². The topological polar surface area (TPSA) is 101 Å². The summed E-state index contributed by atoms with van der Waals surface area (Å²) < 4.78 is 10.9. The Morgan fingerprint density at radius 1 is 1.00 bits per heavy atom. The molecule has 1 N–H and O–H groups in total. The van der Waals surface area contributed by atoms with Crippen molar-refractivity contribution >= 4 is 46.6 Å². The molecule has 1 aliphatic rings. The number of carbonyl (C=O) groups excluding carboxylic acids is 2. The van der Waals surface area contributed by atoms with E-state index in [0.29, 0.717) is 46.2 Å². The molecule has 1 aromatic heterocycles. The molecule has 0 unspecified atom stereocenters. The maximum Gasteiger partial charge on any atom is 0.277 e. The van der Waals surface area contributed by atoms with E-state index in [0.717, 1.165) is 24.3 Å². The van der Waals surface area contributed by atoms with Gasteiger partial charge in [0.2, 0.25) is 11.8 Å². The zero-order chi connectivity index (χ0) is 27.2. The lowest BCUT2D eigenvalue weighted by molar-refractivity contribution is -0.113. The van der Waals surface area contributed by atoms with Crippen LogP contribution in [-0.4, -0.2) is 66.0 Å². The number of ether oxygens (including phenoxy) is 1. The van der Waals surface area contributed by atoms with E-state index >= 15 is 0 Å². The molecule has 0 bridgehead atoms. The van der Waals surface area contributed by atoms with Crippen LogP contribution in [0.2, 0.25) is 5.02 Å². The zero-order valence-corrected chi connectivity index (χ0v) is 22.7. The summed E-state index contributed by atoms with van der Waals surface area (Å²) in [5.74, 6) is 0.995. The average Bonchev–Trinajstić information content (AvgIpc) is 3.46. The lowest BCUT2D eigenvalue weighted by Gasteiger charge is -2.36. The molecule has 1 fully saturated rings. The van der Waals surface area contributed by atoms with Gasteiger partial charge < -0.3 is 24.3 Å². The smallest absolute Gasteiger partial charge is 0.277 e. The highest BCUT2D eigenvalue weighted by Crippen LogP contribution is 2.26. The number of benzene rings is 3. The van der Waals surface area contributed by atoms with Gasteiger partial charge >= 0.3 is 0 Å². The number of thioether (sulfide) groups is 1. The highest BCUT2D eigenvalue weighted by atomic mass is 35.5. The van der Waals surface area contributed by atoms with Crippen molar-refractivity contribution in [1.82, 2.24) is 15.1 Å². The van der Waals surface area contributed by atoms with Crippen LogP contribution >= 0.6 is 23.4 Å². The first-order chi connectivity index (χ1) is 19.0. The van der Waals surface area contributed by atoms with Gasteiger partial charge in [-0.2, -0.15) is 0 Å². The fourth-order valence-corrected chi connectivity index (χ4v) is 4.95. The minimum atomic E-state index is -0.179. The van der Waals surface area contributed by atoms with Gasteiger partial charge in [-0.1, -0.05) is 35.5 Å². The first kappa shape index (κ1) is 26.6. The van der Waals surface area contributed by atoms with E-state index in [1.807, 2.05) is 47.4 Å². The Labute approximate surface area is 235 Å². The van der Waals surface area contributed by atoms with E-state index in [2.05, 4.69) is 20.4 Å². The number of methoxy groups -OCH3 is 1. The van der Waals surface area contributed by atoms with Crippen LogP contribution in [0.25, 0.3) is 11.5 Å². The molecule has 0 atom stereocenters. The Morgan fingerprint density at radius 2 is 1.77 bits per heavy atom. The molecule has 11 heteroatoms. The van der Waals surface area contributed by atoms with Crippen molar-refractivity contribution in [3.05, 3.63) is 83.4 Å². The third kappa shape index (κ3) is 6.71. The summed E-state index contributed by atoms with van der Waals surface area (Å²) in [6.07, 6.45) is 0. The van der Waals surface area contributed by atoms with Crippen molar-refractivity contribution in [3.8, 4) is 17.2 Å². The second-order valence-electron chi connectivity index (χ2n) is 8.78. The summed E-state index contributed by atoms with van der Waals surface area (Å²) in [6.45, 7) is 2.68. The second-order valence-corrected chi connectivity index (χ2v) is 10.1. The fourth-order valence-electron chi connectivity index (χ4n) is 4.19. The van der Waals surface area contributed by atoms with Gasteiger partial charge in [-0.3, -0.25) is 9.59 Å². The molecule has 2 heterocycles. The van der Waals surface area contributed by atoms with E-state index in [4.69, 9.17) is 20.8 Å². The molecule has 0 saturated carbocycles. The second kappa shape index (κ2) is 12.2. The van der Waals surface area contributed by atoms with Gasteiger partial charge in [-0.25, -0.2) is 0 Å². The molecular weight excluding hydrogens is 538 g/mol. The molecule has 1 saturated heterocycles. The summed E-state index contributed by atoms with van der Waals surface area (Å²) in [7, 11) is 1.59. The lowest BCUT2D eigenvalue weighted by Crippen LogP contribution is -2.48. The number of piperazine rings is 1. The van der Waals surface area contributed by atoms with Gasteiger partial charge in [0.1, 0.15) is 5.75 Å². The van der Waals surface area contributed by atoms with Gasteiger partial charge in [0.05, 0.1) is 12.9 Å². The third-order valence-electron chi connectivity index (χ3n) is 6.20. The van der Waals surface area contributed by atoms with Crippen molar-refractivity contribution in [3.63, 3.8) is 0 Å². The molecule has 9 nitrogen and oxygen atoms in total. The predicted octanol–water partition coefficient (Wildman–Crippen LogP) is 5.09. The molecule has 1 aliphatic heterocycles. The van der Waals surface area contributed by atoms with E-state index < -0.39 is 0 Å². The van der Waals surface area contributed by atoms with Crippen LogP contribution in [0.15, 0.2) is 82.4 Å². The Kier molecular flexibility index (Phi) is 8.33. The van der Waals surface area contributed by atoms with E-state index in [1.165, 1.54) is 11.8 Å². The number of amides is 2. The summed E-state index contributed by atoms with van der Waals surface area (Å²) in [5.41, 5.74) is 3.08. The number of anilines is 2. The fraction of sp³-hybridized carbons (Fsp3) is 0.214. The van der Waals surface area contributed by atoms with Crippen LogP contribution in [0.4, 0.5) is 11.4 Å². The van der Waals surface area contributed by atoms with Crippen LogP contribution in [0.1, 0.15) is 10.4 Å². The molecule has 2 amide bonds. The molecule has 0 aliphatic carbocycles. The number of aromatic nitrogens is 2. The monoisotopic (exact) mass is 563 g/mol. The summed E-state index contributed by atoms with van der Waals surface area (Å²) in [6, 6.07) is 22.0. The van der Waals surface area contributed by atoms with Gasteiger partial charge in [-0.05, 0) is 60.7 Å². The van der Waals surface area contributed by atoms with E-state index in [9.17, 15) is 9.59 Å². The summed E-state index contributed by atoms with van der Waals surface area (Å²) in [4.78, 5) is 29.3. The highest BCUT2D eigenvalue weighted by molar-refractivity contribution is 7.99. The maximum absolute atomic E-state index is 12.8. The van der Waals surface area contributed by atoms with Crippen LogP contribution in [0.5, 0.6) is 5.75 Å². The number of halogens is 1. The Hall–Kier alpha value is -4.02. The largest absolute Gasteiger partial charge is 0.497 e. The molecule has 4 aromatic rings. The third-order valence-corrected chi connectivity index (χ3v) is 7.26. The van der Waals surface area contributed by atoms with Crippen LogP contribution < -0.4 is 15.0 Å². The standard InChI is InChI=1S/C28H26ClN5O4S/c1-37-24-7-3-4-19(17-24)26-31-32-28(38-26)39-18-25(35)30-22-8-10-23(11-9-22)33-12-14-34(15-13-33)27(36)20-5-2-6-21(29)16-20/h2-11,16-17H,12-15,18H2,1H3,(H,30,35). The number of nitrogens with zero attached hydrogens (tertiary/aromatic N) is 4. The summed E-state index contributed by atoms with van der Waals surface area (Å²) >= 11 is 7.20. The van der Waals surface area contributed by atoms with Crippen molar-refractivity contribution in [2.45, 2.75) is 5.22 Å². The van der Waals surface area contributed by atoms with E-state index in [-0.39, 0.29) is 17.6 Å². The van der Waals surface area contributed by atoms with Crippen molar-refractivity contribution in [2.24, 2.45) is 0 Å². The minimum absolute atomic E-state index is 0.00914. The normalized spacial score (nSPS) is 13.3. The molecule has 5 rings (SSSR count). The minimum Gasteiger partial charge on any atom is -0.497 e. The number of carbonyl (C=O) groups is 2. The van der Waals surface area contributed by atoms with Gasteiger partial charge in [0.25, 0.3) is 11.1 Å². The Balaban J connectivity index is 1.09. The van der Waals surface area contributed by atoms with Crippen molar-refractivity contribution in [1.29, 1.82) is 0 Å². The first-order valence-electron chi connectivity index (χ1n) is 12.3. The summed E-state index contributed by atoms with van der Waals surface area (Å²) in [5, 5.41) is 11.8. The lowest BCUT2D eigenvalue weighted by atomic mass is 10.1. The number of hydrogen-bond donors (Lipinski definition) is 1. The molecule has 0 radical (unpaired) electrons. The molecule has 0 spiro atoms. The Bertz CT molecular complexity index is 1450. The quantitative estimate of drug-likeness (QED) is 0.296. The zero-order valence-electron chi connectivity index (χ0n) is 21.2. The van der Waals surface area contributed by atoms with Crippen LogP contribution in [0.3, 0.4) is 0 Å². The highest BCUT2D eigenvalue weighted by Gasteiger charge is 2.22. The predicted molar refractivity (Wildman–Crippen MR) is 152 cm³/mol. The van der Waals surface area contributed by atoms with Crippen LogP contribution in [0, 0.1) is 0 Å². The number of nitrogens with one attached hydrogen (secondary N) is 1. The van der Waals surface area contributed by atoms with Crippen LogP contribution in [-0.2, 0) is 4.79 Å². The van der Waals surface area contributed by atoms with Gasteiger partial charge in [0, 0.05) is 53.7 Å². The van der Waals surface area contributed by atoms with E-state index in [1.54, 1.807) is 37.4 Å². The molecule has 3 aromatic carbocycles. The average molecular weight is 564 g/mol. The van der Waals surface area contributed by atoms with Crippen molar-refractivity contribution in [2.75, 3.05) is 49.3 Å². The van der Waals surface area contributed by atoms with Gasteiger partial charge in [0.15, 0.2) is 0 Å².